The molecule has 19 heavy (non-hydrogen) atoms. The van der Waals surface area contributed by atoms with Crippen molar-refractivity contribution < 1.29 is 9.90 Å². The van der Waals surface area contributed by atoms with E-state index < -0.39 is 5.97 Å². The second-order valence-electron chi connectivity index (χ2n) is 6.26. The Hall–Kier alpha value is -0.530. The summed E-state index contributed by atoms with van der Waals surface area (Å²) in [4.78, 5) is 10.4. The first-order valence-electron chi connectivity index (χ1n) is 8.51. The van der Waals surface area contributed by atoms with Crippen LogP contribution in [0.2, 0.25) is 0 Å². The quantitative estimate of drug-likeness (QED) is 0.586. The van der Waals surface area contributed by atoms with Gasteiger partial charge < -0.3 is 5.11 Å². The lowest BCUT2D eigenvalue weighted by Crippen LogP contribution is -2.00. The average molecular weight is 268 g/mol. The predicted molar refractivity (Wildman–Crippen MR) is 80.4 cm³/mol. The predicted octanol–water partition coefficient (Wildman–Crippen LogP) is 5.55. The van der Waals surface area contributed by atoms with Gasteiger partial charge in [0.25, 0.3) is 0 Å². The molecule has 0 atom stereocenters. The first-order chi connectivity index (χ1) is 9.29. The summed E-state index contributed by atoms with van der Waals surface area (Å²) in [5.41, 5.74) is 0. The van der Waals surface area contributed by atoms with Crippen LogP contribution in [0.3, 0.4) is 0 Å². The highest BCUT2D eigenvalue weighted by molar-refractivity contribution is 5.66. The Balaban J connectivity index is 1.96. The molecule has 0 amide bonds. The van der Waals surface area contributed by atoms with Gasteiger partial charge in [-0.25, -0.2) is 0 Å². The molecular weight excluding hydrogens is 236 g/mol. The van der Waals surface area contributed by atoms with E-state index in [4.69, 9.17) is 5.11 Å². The van der Waals surface area contributed by atoms with E-state index in [1.54, 1.807) is 0 Å². The summed E-state index contributed by atoms with van der Waals surface area (Å²) in [6.07, 6.45) is 19.2. The van der Waals surface area contributed by atoms with Crippen molar-refractivity contribution in [1.82, 2.24) is 0 Å². The zero-order valence-electron chi connectivity index (χ0n) is 12.5. The van der Waals surface area contributed by atoms with Crippen molar-refractivity contribution in [3.05, 3.63) is 0 Å². The number of carboxylic acids is 1. The fourth-order valence-electron chi connectivity index (χ4n) is 3.25. The summed E-state index contributed by atoms with van der Waals surface area (Å²) in [6.45, 7) is 0. The van der Waals surface area contributed by atoms with Crippen LogP contribution in [0, 0.1) is 5.92 Å². The molecule has 0 aromatic rings. The molecule has 0 saturated heterocycles. The van der Waals surface area contributed by atoms with Crippen molar-refractivity contribution in [1.29, 1.82) is 0 Å². The maximum Gasteiger partial charge on any atom is 0.303 e. The smallest absolute Gasteiger partial charge is 0.303 e. The molecule has 0 radical (unpaired) electrons. The Kier molecular flexibility index (Phi) is 9.84. The number of carboxylic acid groups (broad SMARTS) is 1. The molecule has 1 aliphatic carbocycles. The number of hydrogen-bond acceptors (Lipinski definition) is 1. The molecule has 0 aromatic heterocycles. The van der Waals surface area contributed by atoms with Crippen LogP contribution < -0.4 is 0 Å². The molecule has 1 saturated carbocycles. The molecule has 0 aliphatic heterocycles. The summed E-state index contributed by atoms with van der Waals surface area (Å²) in [5.74, 6) is 0.336. The molecule has 0 aromatic carbocycles. The molecular formula is C17H32O2. The van der Waals surface area contributed by atoms with Gasteiger partial charge in [-0.2, -0.15) is 0 Å². The van der Waals surface area contributed by atoms with Gasteiger partial charge in [0, 0.05) is 6.42 Å². The van der Waals surface area contributed by atoms with Crippen LogP contribution in [0.5, 0.6) is 0 Å². The topological polar surface area (TPSA) is 37.3 Å². The van der Waals surface area contributed by atoms with Crippen LogP contribution in [0.15, 0.2) is 0 Å². The Labute approximate surface area is 119 Å². The molecule has 1 rings (SSSR count). The largest absolute Gasteiger partial charge is 0.481 e. The summed E-state index contributed by atoms with van der Waals surface area (Å²) in [7, 11) is 0. The minimum absolute atomic E-state index is 0.350. The van der Waals surface area contributed by atoms with Crippen molar-refractivity contribution in [2.24, 2.45) is 5.92 Å². The monoisotopic (exact) mass is 268 g/mol. The normalized spacial score (nSPS) is 18.5. The molecule has 0 heterocycles. The van der Waals surface area contributed by atoms with E-state index in [2.05, 4.69) is 0 Å². The molecule has 1 N–H and O–H groups in total. The molecule has 1 fully saturated rings. The third-order valence-corrected chi connectivity index (χ3v) is 4.48. The lowest BCUT2D eigenvalue weighted by molar-refractivity contribution is -0.137. The second kappa shape index (κ2) is 11.3. The second-order valence-corrected chi connectivity index (χ2v) is 6.26. The summed E-state index contributed by atoms with van der Waals surface area (Å²) in [5, 5.41) is 8.56. The highest BCUT2D eigenvalue weighted by atomic mass is 16.4. The number of carbonyl (C=O) groups is 1. The van der Waals surface area contributed by atoms with Gasteiger partial charge in [0.15, 0.2) is 0 Å². The maximum absolute atomic E-state index is 10.4. The van der Waals surface area contributed by atoms with Gasteiger partial charge in [0.2, 0.25) is 0 Å². The van der Waals surface area contributed by atoms with E-state index in [9.17, 15) is 4.79 Å². The van der Waals surface area contributed by atoms with E-state index in [1.165, 1.54) is 77.0 Å². The molecule has 1 aliphatic rings. The van der Waals surface area contributed by atoms with Gasteiger partial charge in [-0.15, -0.1) is 0 Å². The molecule has 0 bridgehead atoms. The molecule has 0 spiro atoms. The van der Waals surface area contributed by atoms with Gasteiger partial charge >= 0.3 is 5.97 Å². The molecule has 2 heteroatoms. The van der Waals surface area contributed by atoms with Crippen LogP contribution in [0.4, 0.5) is 0 Å². The lowest BCUT2D eigenvalue weighted by atomic mass is 9.91. The van der Waals surface area contributed by atoms with E-state index in [1.807, 2.05) is 0 Å². The highest BCUT2D eigenvalue weighted by Crippen LogP contribution is 2.26. The number of hydrogen-bond donors (Lipinski definition) is 1. The standard InChI is InChI=1S/C17H32O2/c18-17(19)15-11-7-3-6-10-14-16-12-8-4-1-2-5-9-13-16/h16H,1-15H2,(H,18,19). The maximum atomic E-state index is 10.4. The van der Waals surface area contributed by atoms with Crippen molar-refractivity contribution in [3.8, 4) is 0 Å². The number of aliphatic carboxylic acids is 1. The van der Waals surface area contributed by atoms with Gasteiger partial charge in [-0.1, -0.05) is 83.5 Å². The highest BCUT2D eigenvalue weighted by Gasteiger charge is 2.10. The molecule has 112 valence electrons. The van der Waals surface area contributed by atoms with E-state index >= 15 is 0 Å². The first-order valence-corrected chi connectivity index (χ1v) is 8.51. The lowest BCUT2D eigenvalue weighted by Gasteiger charge is -2.15. The van der Waals surface area contributed by atoms with Crippen molar-refractivity contribution >= 4 is 5.97 Å². The van der Waals surface area contributed by atoms with Gasteiger partial charge in [-0.05, 0) is 12.3 Å². The third-order valence-electron chi connectivity index (χ3n) is 4.48. The third kappa shape index (κ3) is 9.98. The Bertz CT molecular complexity index is 215. The Morgan fingerprint density at radius 1 is 0.789 bits per heavy atom. The van der Waals surface area contributed by atoms with Gasteiger partial charge in [0.05, 0.1) is 0 Å². The Morgan fingerprint density at radius 2 is 1.32 bits per heavy atom. The fourth-order valence-corrected chi connectivity index (χ4v) is 3.25. The van der Waals surface area contributed by atoms with Crippen molar-refractivity contribution in [2.75, 3.05) is 0 Å². The van der Waals surface area contributed by atoms with Crippen molar-refractivity contribution in [3.63, 3.8) is 0 Å². The Morgan fingerprint density at radius 3 is 1.95 bits per heavy atom. The van der Waals surface area contributed by atoms with E-state index in [0.29, 0.717) is 6.42 Å². The summed E-state index contributed by atoms with van der Waals surface area (Å²) < 4.78 is 0. The molecule has 0 unspecified atom stereocenters. The SMILES string of the molecule is O=C(O)CCCCCCCC1CCCCCCCC1. The minimum Gasteiger partial charge on any atom is -0.481 e. The minimum atomic E-state index is -0.648. The van der Waals surface area contributed by atoms with Crippen LogP contribution >= 0.6 is 0 Å². The van der Waals surface area contributed by atoms with Crippen LogP contribution in [0.1, 0.15) is 96.3 Å². The van der Waals surface area contributed by atoms with E-state index in [-0.39, 0.29) is 0 Å². The number of unbranched alkanes of at least 4 members (excludes halogenated alkanes) is 4. The van der Waals surface area contributed by atoms with Gasteiger partial charge in [-0.3, -0.25) is 4.79 Å². The van der Waals surface area contributed by atoms with Crippen molar-refractivity contribution in [2.45, 2.75) is 96.3 Å². The average Bonchev–Trinajstić information content (AvgIpc) is 2.51. The summed E-state index contributed by atoms with van der Waals surface area (Å²) in [6, 6.07) is 0. The number of rotatable bonds is 8. The van der Waals surface area contributed by atoms with Crippen LogP contribution in [0.25, 0.3) is 0 Å². The summed E-state index contributed by atoms with van der Waals surface area (Å²) >= 11 is 0. The van der Waals surface area contributed by atoms with Crippen LogP contribution in [-0.2, 0) is 4.79 Å². The van der Waals surface area contributed by atoms with Crippen LogP contribution in [-0.4, -0.2) is 11.1 Å². The first kappa shape index (κ1) is 16.5. The zero-order valence-corrected chi connectivity index (χ0v) is 12.5. The zero-order chi connectivity index (χ0) is 13.8. The molecule has 2 nitrogen and oxygen atoms in total. The van der Waals surface area contributed by atoms with Gasteiger partial charge in [0.1, 0.15) is 0 Å². The fraction of sp³-hybridized carbons (Fsp3) is 0.941. The van der Waals surface area contributed by atoms with E-state index in [0.717, 1.165) is 18.8 Å².